The quantitative estimate of drug-likeness (QED) is 0.557. The van der Waals surface area contributed by atoms with Crippen LogP contribution in [0.1, 0.15) is 44.9 Å². The maximum atomic E-state index is 12.7. The molecule has 3 aromatic rings. The predicted octanol–water partition coefficient (Wildman–Crippen LogP) is 5.45. The molecular weight excluding hydrogens is 402 g/mol. The molecule has 1 atom stereocenters. The van der Waals surface area contributed by atoms with Gasteiger partial charge in [0.25, 0.3) is 5.91 Å². The van der Waals surface area contributed by atoms with E-state index in [1.165, 1.54) is 0 Å². The molecule has 0 saturated heterocycles. The number of carbonyl (C=O) groups is 2. The molecule has 0 fully saturated rings. The van der Waals surface area contributed by atoms with Crippen LogP contribution >= 0.6 is 11.6 Å². The molecule has 6 heteroatoms. The highest BCUT2D eigenvalue weighted by atomic mass is 35.5. The Balaban J connectivity index is 1.52. The average molecular weight is 422 g/mol. The lowest BCUT2D eigenvalue weighted by atomic mass is 9.93. The number of halogens is 1. The molecule has 0 unspecified atom stereocenters. The van der Waals surface area contributed by atoms with E-state index in [4.69, 9.17) is 21.1 Å². The van der Waals surface area contributed by atoms with Crippen LogP contribution in [0.3, 0.4) is 0 Å². The minimum Gasteiger partial charge on any atom is -0.494 e. The van der Waals surface area contributed by atoms with Gasteiger partial charge < -0.3 is 14.8 Å². The van der Waals surface area contributed by atoms with E-state index in [9.17, 15) is 9.59 Å². The van der Waals surface area contributed by atoms with Crippen LogP contribution < -0.4 is 10.1 Å². The second-order valence-electron chi connectivity index (χ2n) is 6.93. The molecule has 0 bridgehead atoms. The Kier molecular flexibility index (Phi) is 5.72. The molecule has 152 valence electrons. The molecule has 0 aliphatic carbocycles. The largest absolute Gasteiger partial charge is 0.494 e. The van der Waals surface area contributed by atoms with Gasteiger partial charge in [0.2, 0.25) is 0 Å². The normalized spacial score (nSPS) is 15.1. The number of rotatable bonds is 5. The summed E-state index contributed by atoms with van der Waals surface area (Å²) in [7, 11) is 0. The van der Waals surface area contributed by atoms with E-state index in [1.54, 1.807) is 54.6 Å². The van der Waals surface area contributed by atoms with E-state index in [-0.39, 0.29) is 5.91 Å². The number of nitrogens with one attached hydrogen (secondary N) is 1. The smallest absolute Gasteiger partial charge is 0.339 e. The van der Waals surface area contributed by atoms with Gasteiger partial charge in [0.05, 0.1) is 12.2 Å². The fourth-order valence-electron chi connectivity index (χ4n) is 3.40. The van der Waals surface area contributed by atoms with Gasteiger partial charge in [-0.15, -0.1) is 0 Å². The van der Waals surface area contributed by atoms with Crippen LogP contribution in [0.25, 0.3) is 0 Å². The molecule has 30 heavy (non-hydrogen) atoms. The van der Waals surface area contributed by atoms with Crippen LogP contribution in [0.4, 0.5) is 5.69 Å². The molecule has 0 radical (unpaired) electrons. The summed E-state index contributed by atoms with van der Waals surface area (Å²) in [6.45, 7) is 2.50. The van der Waals surface area contributed by atoms with Crippen molar-refractivity contribution in [1.82, 2.24) is 0 Å². The maximum absolute atomic E-state index is 12.7. The fourth-order valence-corrected chi connectivity index (χ4v) is 3.53. The van der Waals surface area contributed by atoms with Crippen molar-refractivity contribution in [2.45, 2.75) is 19.4 Å². The summed E-state index contributed by atoms with van der Waals surface area (Å²) in [5.74, 6) is 0.106. The number of hydrogen-bond acceptors (Lipinski definition) is 4. The van der Waals surface area contributed by atoms with Crippen LogP contribution in [-0.4, -0.2) is 18.5 Å². The van der Waals surface area contributed by atoms with E-state index in [1.807, 2.05) is 19.1 Å². The van der Waals surface area contributed by atoms with Crippen LogP contribution in [0, 0.1) is 0 Å². The van der Waals surface area contributed by atoms with Crippen molar-refractivity contribution in [3.8, 4) is 5.75 Å². The minimum atomic E-state index is -0.410. The molecule has 0 saturated carbocycles. The number of cyclic esters (lactones) is 1. The van der Waals surface area contributed by atoms with Gasteiger partial charge in [0.1, 0.15) is 11.9 Å². The first-order valence-electron chi connectivity index (χ1n) is 9.67. The third-order valence-electron chi connectivity index (χ3n) is 4.91. The first kappa shape index (κ1) is 20.0. The van der Waals surface area contributed by atoms with Crippen LogP contribution in [0.5, 0.6) is 5.75 Å². The number of ether oxygens (including phenoxy) is 2. The van der Waals surface area contributed by atoms with Crippen molar-refractivity contribution in [3.05, 3.63) is 94.0 Å². The Morgan fingerprint density at radius 1 is 1.10 bits per heavy atom. The summed E-state index contributed by atoms with van der Waals surface area (Å²) in [6.07, 6.45) is 0.0825. The highest BCUT2D eigenvalue weighted by Gasteiger charge is 2.28. The van der Waals surface area contributed by atoms with Crippen molar-refractivity contribution in [1.29, 1.82) is 0 Å². The Morgan fingerprint density at radius 2 is 1.83 bits per heavy atom. The van der Waals surface area contributed by atoms with Gasteiger partial charge in [-0.05, 0) is 72.6 Å². The minimum absolute atomic E-state index is 0.246. The molecule has 5 nitrogen and oxygen atoms in total. The van der Waals surface area contributed by atoms with Crippen molar-refractivity contribution >= 4 is 29.2 Å². The number of fused-ring (bicyclic) bond motifs is 1. The number of anilines is 1. The molecule has 4 rings (SSSR count). The van der Waals surface area contributed by atoms with Gasteiger partial charge in [-0.3, -0.25) is 4.79 Å². The molecule has 1 aliphatic rings. The van der Waals surface area contributed by atoms with Gasteiger partial charge in [-0.25, -0.2) is 4.79 Å². The molecule has 1 aliphatic heterocycles. The maximum Gasteiger partial charge on any atom is 0.339 e. The Labute approximate surface area is 179 Å². The standard InChI is InChI=1S/C24H20ClNO4/c1-2-29-20-10-8-19(9-11-20)26-23(27)16-5-12-21-17(13-16)14-22(30-24(21)28)15-3-6-18(25)7-4-15/h3-13,22H,2,14H2,1H3,(H,26,27)/t22-/m1/s1. The van der Waals surface area contributed by atoms with Gasteiger partial charge in [-0.1, -0.05) is 23.7 Å². The average Bonchev–Trinajstić information content (AvgIpc) is 2.75. The van der Waals surface area contributed by atoms with Gasteiger partial charge in [0.15, 0.2) is 0 Å². The van der Waals surface area contributed by atoms with E-state index < -0.39 is 12.1 Å². The van der Waals surface area contributed by atoms with Crippen LogP contribution in [0.2, 0.25) is 5.02 Å². The second-order valence-corrected chi connectivity index (χ2v) is 7.37. The monoisotopic (exact) mass is 421 g/mol. The fraction of sp³-hybridized carbons (Fsp3) is 0.167. The van der Waals surface area contributed by atoms with Gasteiger partial charge in [0, 0.05) is 22.7 Å². The molecular formula is C24H20ClNO4. The summed E-state index contributed by atoms with van der Waals surface area (Å²) >= 11 is 5.95. The lowest BCUT2D eigenvalue weighted by Gasteiger charge is -2.25. The van der Waals surface area contributed by atoms with Crippen molar-refractivity contribution in [2.75, 3.05) is 11.9 Å². The third kappa shape index (κ3) is 4.31. The summed E-state index contributed by atoms with van der Waals surface area (Å²) in [4.78, 5) is 25.1. The molecule has 1 N–H and O–H groups in total. The zero-order chi connectivity index (χ0) is 21.1. The van der Waals surface area contributed by atoms with Gasteiger partial charge >= 0.3 is 5.97 Å². The molecule has 1 amide bonds. The van der Waals surface area contributed by atoms with E-state index >= 15 is 0 Å². The molecule has 1 heterocycles. The summed E-state index contributed by atoms with van der Waals surface area (Å²) < 4.78 is 11.0. The topological polar surface area (TPSA) is 64.6 Å². The van der Waals surface area contributed by atoms with Crippen molar-refractivity contribution in [3.63, 3.8) is 0 Å². The number of benzene rings is 3. The number of amides is 1. The molecule has 3 aromatic carbocycles. The second kappa shape index (κ2) is 8.59. The Hall–Kier alpha value is -3.31. The Morgan fingerprint density at radius 3 is 2.53 bits per heavy atom. The van der Waals surface area contributed by atoms with Gasteiger partial charge in [-0.2, -0.15) is 0 Å². The highest BCUT2D eigenvalue weighted by molar-refractivity contribution is 6.30. The lowest BCUT2D eigenvalue weighted by Crippen LogP contribution is -2.23. The van der Waals surface area contributed by atoms with Crippen LogP contribution in [-0.2, 0) is 11.2 Å². The summed E-state index contributed by atoms with van der Waals surface area (Å²) in [5.41, 5.74) is 3.28. The number of hydrogen-bond donors (Lipinski definition) is 1. The highest BCUT2D eigenvalue weighted by Crippen LogP contribution is 2.32. The van der Waals surface area contributed by atoms with E-state index in [2.05, 4.69) is 5.32 Å². The Bertz CT molecular complexity index is 1080. The zero-order valence-corrected chi connectivity index (χ0v) is 17.1. The van der Waals surface area contributed by atoms with E-state index in [0.29, 0.717) is 34.9 Å². The first-order valence-corrected chi connectivity index (χ1v) is 10.0. The molecule has 0 aromatic heterocycles. The third-order valence-corrected chi connectivity index (χ3v) is 5.16. The predicted molar refractivity (Wildman–Crippen MR) is 115 cm³/mol. The SMILES string of the molecule is CCOc1ccc(NC(=O)c2ccc3c(c2)C[C@H](c2ccc(Cl)cc2)OC3=O)cc1. The zero-order valence-electron chi connectivity index (χ0n) is 16.4. The van der Waals surface area contributed by atoms with Crippen molar-refractivity contribution < 1.29 is 19.1 Å². The summed E-state index contributed by atoms with van der Waals surface area (Å²) in [6, 6.07) is 19.4. The number of carbonyl (C=O) groups excluding carboxylic acids is 2. The molecule has 0 spiro atoms. The van der Waals surface area contributed by atoms with Crippen LogP contribution in [0.15, 0.2) is 66.7 Å². The summed E-state index contributed by atoms with van der Waals surface area (Å²) in [5, 5.41) is 3.49. The first-order chi connectivity index (χ1) is 14.5. The van der Waals surface area contributed by atoms with Crippen molar-refractivity contribution in [2.24, 2.45) is 0 Å². The van der Waals surface area contributed by atoms with E-state index in [0.717, 1.165) is 16.9 Å². The lowest BCUT2D eigenvalue weighted by molar-refractivity contribution is 0.0252. The number of esters is 1.